The van der Waals surface area contributed by atoms with E-state index >= 15 is 0 Å². The van der Waals surface area contributed by atoms with Crippen molar-refractivity contribution in [1.29, 1.82) is 0 Å². The van der Waals surface area contributed by atoms with Gasteiger partial charge in [0.05, 0.1) is 0 Å². The number of aryl methyl sites for hydroxylation is 1. The summed E-state index contributed by atoms with van der Waals surface area (Å²) in [6.45, 7) is 4.03. The number of benzene rings is 1. The largest absolute Gasteiger partial charge is 0.353 e. The van der Waals surface area contributed by atoms with Crippen LogP contribution in [0.15, 0.2) is 30.3 Å². The van der Waals surface area contributed by atoms with Crippen molar-refractivity contribution >= 4 is 17.5 Å². The molecule has 0 aromatic heterocycles. The van der Waals surface area contributed by atoms with E-state index in [-0.39, 0.29) is 11.9 Å². The first-order valence-electron chi connectivity index (χ1n) is 6.02. The lowest BCUT2D eigenvalue weighted by Crippen LogP contribution is -2.37. The van der Waals surface area contributed by atoms with Gasteiger partial charge < -0.3 is 5.32 Å². The van der Waals surface area contributed by atoms with Crippen LogP contribution in [0.4, 0.5) is 0 Å². The zero-order chi connectivity index (χ0) is 12.7. The normalized spacial score (nSPS) is 14.1. The molecule has 0 aliphatic carbocycles. The number of amides is 1. The lowest BCUT2D eigenvalue weighted by atomic mass is 10.1. The van der Waals surface area contributed by atoms with E-state index in [9.17, 15) is 4.79 Å². The molecular weight excluding hydrogens is 234 g/mol. The molecule has 1 rings (SSSR count). The molecule has 0 fully saturated rings. The van der Waals surface area contributed by atoms with Gasteiger partial charge in [0.1, 0.15) is 0 Å². The fraction of sp³-hybridized carbons (Fsp3) is 0.500. The summed E-state index contributed by atoms with van der Waals surface area (Å²) >= 11 is 5.75. The molecule has 0 bridgehead atoms. The third-order valence-electron chi connectivity index (χ3n) is 2.97. The molecule has 0 aliphatic heterocycles. The van der Waals surface area contributed by atoms with E-state index in [4.69, 9.17) is 11.6 Å². The van der Waals surface area contributed by atoms with Gasteiger partial charge in [0.25, 0.3) is 0 Å². The molecule has 2 unspecified atom stereocenters. The van der Waals surface area contributed by atoms with Crippen LogP contribution in [0.3, 0.4) is 0 Å². The molecule has 0 heterocycles. The minimum atomic E-state index is 0.0957. The first-order chi connectivity index (χ1) is 8.13. The molecule has 17 heavy (non-hydrogen) atoms. The lowest BCUT2D eigenvalue weighted by Gasteiger charge is -2.19. The molecule has 2 nitrogen and oxygen atoms in total. The zero-order valence-corrected chi connectivity index (χ0v) is 11.2. The number of rotatable bonds is 6. The van der Waals surface area contributed by atoms with Crippen LogP contribution in [-0.2, 0) is 11.2 Å². The van der Waals surface area contributed by atoms with Gasteiger partial charge in [-0.15, -0.1) is 11.6 Å². The van der Waals surface area contributed by atoms with Crippen LogP contribution >= 0.6 is 11.6 Å². The topological polar surface area (TPSA) is 29.1 Å². The fourth-order valence-electron chi connectivity index (χ4n) is 1.50. The first kappa shape index (κ1) is 14.0. The van der Waals surface area contributed by atoms with Crippen LogP contribution < -0.4 is 5.32 Å². The van der Waals surface area contributed by atoms with Gasteiger partial charge in [-0.05, 0) is 24.8 Å². The SMILES string of the molecule is CC(CCl)C(C)NC(=O)CCc1ccccc1. The standard InChI is InChI=1S/C14H20ClNO/c1-11(10-15)12(2)16-14(17)9-8-13-6-4-3-5-7-13/h3-7,11-12H,8-10H2,1-2H3,(H,16,17). The Morgan fingerprint density at radius 3 is 2.53 bits per heavy atom. The van der Waals surface area contributed by atoms with Crippen molar-refractivity contribution in [3.05, 3.63) is 35.9 Å². The third-order valence-corrected chi connectivity index (χ3v) is 3.46. The highest BCUT2D eigenvalue weighted by molar-refractivity contribution is 6.18. The molecule has 3 heteroatoms. The summed E-state index contributed by atoms with van der Waals surface area (Å²) in [6, 6.07) is 10.2. The molecule has 2 atom stereocenters. The molecular formula is C14H20ClNO. The first-order valence-corrected chi connectivity index (χ1v) is 6.56. The average molecular weight is 254 g/mol. The summed E-state index contributed by atoms with van der Waals surface area (Å²) in [5.41, 5.74) is 1.20. The molecule has 0 saturated carbocycles. The highest BCUT2D eigenvalue weighted by atomic mass is 35.5. The summed E-state index contributed by atoms with van der Waals surface area (Å²) in [4.78, 5) is 11.7. The molecule has 0 aliphatic rings. The van der Waals surface area contributed by atoms with Crippen molar-refractivity contribution < 1.29 is 4.79 Å². The summed E-state index contributed by atoms with van der Waals surface area (Å²) < 4.78 is 0. The number of halogens is 1. The van der Waals surface area contributed by atoms with Gasteiger partial charge in [-0.2, -0.15) is 0 Å². The van der Waals surface area contributed by atoms with E-state index in [1.54, 1.807) is 0 Å². The van der Waals surface area contributed by atoms with Crippen molar-refractivity contribution in [2.24, 2.45) is 5.92 Å². The number of carbonyl (C=O) groups excluding carboxylic acids is 1. The monoisotopic (exact) mass is 253 g/mol. The van der Waals surface area contributed by atoms with Crippen LogP contribution in [0.5, 0.6) is 0 Å². The second-order valence-corrected chi connectivity index (χ2v) is 4.78. The van der Waals surface area contributed by atoms with Crippen molar-refractivity contribution in [1.82, 2.24) is 5.32 Å². The summed E-state index contributed by atoms with van der Waals surface area (Å²) in [5, 5.41) is 2.98. The maximum atomic E-state index is 11.7. The van der Waals surface area contributed by atoms with Gasteiger partial charge in [-0.25, -0.2) is 0 Å². The van der Waals surface area contributed by atoms with Gasteiger partial charge in [0.2, 0.25) is 5.91 Å². The predicted octanol–water partition coefficient (Wildman–Crippen LogP) is 3.00. The Bertz CT molecular complexity index is 339. The number of carbonyl (C=O) groups is 1. The van der Waals surface area contributed by atoms with Crippen LogP contribution in [0, 0.1) is 5.92 Å². The second-order valence-electron chi connectivity index (χ2n) is 4.47. The van der Waals surface area contributed by atoms with E-state index in [1.165, 1.54) is 5.56 Å². The quantitative estimate of drug-likeness (QED) is 0.776. The maximum Gasteiger partial charge on any atom is 0.220 e. The Morgan fingerprint density at radius 1 is 1.29 bits per heavy atom. The van der Waals surface area contributed by atoms with Gasteiger partial charge >= 0.3 is 0 Å². The van der Waals surface area contributed by atoms with Crippen molar-refractivity contribution in [2.45, 2.75) is 32.7 Å². The Balaban J connectivity index is 2.31. The Kier molecular flexibility index (Phi) is 6.06. The number of hydrogen-bond donors (Lipinski definition) is 1. The number of hydrogen-bond acceptors (Lipinski definition) is 1. The Hall–Kier alpha value is -1.02. The van der Waals surface area contributed by atoms with Gasteiger partial charge in [-0.1, -0.05) is 37.3 Å². The van der Waals surface area contributed by atoms with Crippen LogP contribution in [0.2, 0.25) is 0 Å². The molecule has 0 radical (unpaired) electrons. The minimum absolute atomic E-state index is 0.0957. The van der Waals surface area contributed by atoms with E-state index < -0.39 is 0 Å². The molecule has 1 N–H and O–H groups in total. The molecule has 94 valence electrons. The van der Waals surface area contributed by atoms with Crippen LogP contribution in [0.25, 0.3) is 0 Å². The highest BCUT2D eigenvalue weighted by Gasteiger charge is 2.13. The van der Waals surface area contributed by atoms with Gasteiger partial charge in [0.15, 0.2) is 0 Å². The molecule has 0 spiro atoms. The van der Waals surface area contributed by atoms with Crippen LogP contribution in [0.1, 0.15) is 25.8 Å². The molecule has 0 saturated heterocycles. The highest BCUT2D eigenvalue weighted by Crippen LogP contribution is 2.06. The predicted molar refractivity (Wildman–Crippen MR) is 72.3 cm³/mol. The maximum absolute atomic E-state index is 11.7. The van der Waals surface area contributed by atoms with Crippen molar-refractivity contribution in [2.75, 3.05) is 5.88 Å². The summed E-state index contributed by atoms with van der Waals surface area (Å²) in [7, 11) is 0. The summed E-state index contributed by atoms with van der Waals surface area (Å²) in [5.74, 6) is 0.968. The van der Waals surface area contributed by atoms with Gasteiger partial charge in [0, 0.05) is 18.3 Å². The van der Waals surface area contributed by atoms with E-state index in [2.05, 4.69) is 5.32 Å². The Morgan fingerprint density at radius 2 is 1.94 bits per heavy atom. The molecule has 1 aromatic carbocycles. The molecule has 1 aromatic rings. The fourth-order valence-corrected chi connectivity index (χ4v) is 1.77. The zero-order valence-electron chi connectivity index (χ0n) is 10.4. The number of nitrogens with one attached hydrogen (secondary N) is 1. The van der Waals surface area contributed by atoms with E-state index in [0.717, 1.165) is 6.42 Å². The van der Waals surface area contributed by atoms with Crippen molar-refractivity contribution in [3.63, 3.8) is 0 Å². The minimum Gasteiger partial charge on any atom is -0.353 e. The summed E-state index contributed by atoms with van der Waals surface area (Å²) in [6.07, 6.45) is 1.32. The number of alkyl halides is 1. The Labute approximate surface area is 108 Å². The van der Waals surface area contributed by atoms with Crippen LogP contribution in [-0.4, -0.2) is 17.8 Å². The average Bonchev–Trinajstić information content (AvgIpc) is 2.36. The smallest absolute Gasteiger partial charge is 0.220 e. The molecule has 1 amide bonds. The lowest BCUT2D eigenvalue weighted by molar-refractivity contribution is -0.121. The van der Waals surface area contributed by atoms with Crippen molar-refractivity contribution in [3.8, 4) is 0 Å². The van der Waals surface area contributed by atoms with Gasteiger partial charge in [-0.3, -0.25) is 4.79 Å². The third kappa shape index (κ3) is 5.22. The second kappa shape index (κ2) is 7.33. The van der Waals surface area contributed by atoms with E-state index in [0.29, 0.717) is 18.2 Å². The van der Waals surface area contributed by atoms with E-state index in [1.807, 2.05) is 44.2 Å².